The first kappa shape index (κ1) is 31.6. The first-order valence-electron chi connectivity index (χ1n) is 7.02. The number of carboxylic acids is 3. The van der Waals surface area contributed by atoms with E-state index in [2.05, 4.69) is 0 Å². The molecule has 9 nitrogen and oxygen atoms in total. The van der Waals surface area contributed by atoms with E-state index in [0.29, 0.717) is 0 Å². The van der Waals surface area contributed by atoms with Gasteiger partial charge in [0.25, 0.3) is 0 Å². The van der Waals surface area contributed by atoms with E-state index in [9.17, 15) is 29.7 Å². The number of rotatable bonds is 6. The molecule has 0 aliphatic carbocycles. The smallest absolute Gasteiger partial charge is 0.550 e. The van der Waals surface area contributed by atoms with Gasteiger partial charge < -0.3 is 45.0 Å². The van der Waals surface area contributed by atoms with Gasteiger partial charge in [0.15, 0.2) is 0 Å². The van der Waals surface area contributed by atoms with Crippen molar-refractivity contribution in [2.24, 2.45) is 0 Å². The van der Waals surface area contributed by atoms with Crippen LogP contribution in [0.1, 0.15) is 60.8 Å². The molecule has 0 amide bonds. The molecule has 0 atom stereocenters. The van der Waals surface area contributed by atoms with Crippen molar-refractivity contribution < 1.29 is 62.4 Å². The van der Waals surface area contributed by atoms with Crippen LogP contribution in [-0.4, -0.2) is 50.0 Å². The van der Waals surface area contributed by atoms with Gasteiger partial charge >= 0.3 is 17.4 Å². The molecule has 25 heavy (non-hydrogen) atoms. The Morgan fingerprint density at radius 1 is 0.600 bits per heavy atom. The summed E-state index contributed by atoms with van der Waals surface area (Å²) in [5.41, 5.74) is -3.42. The fourth-order valence-electron chi connectivity index (χ4n) is 1.06. The van der Waals surface area contributed by atoms with Crippen LogP contribution in [-0.2, 0) is 31.7 Å². The normalized spacial score (nSPS) is 10.9. The summed E-state index contributed by atoms with van der Waals surface area (Å²) < 4.78 is 0. The Morgan fingerprint density at radius 2 is 0.720 bits per heavy atom. The second kappa shape index (κ2) is 13.1. The minimum atomic E-state index is -1.22. The summed E-state index contributed by atoms with van der Waals surface area (Å²) in [5, 5.41) is 55.5. The molecule has 147 valence electrons. The van der Waals surface area contributed by atoms with Gasteiger partial charge in [-0.25, -0.2) is 0 Å². The first-order valence-corrected chi connectivity index (χ1v) is 7.02. The van der Waals surface area contributed by atoms with Crippen LogP contribution < -0.4 is 15.3 Å². The molecule has 0 saturated carbocycles. The molecule has 10 heteroatoms. The van der Waals surface area contributed by atoms with Crippen molar-refractivity contribution in [1.82, 2.24) is 0 Å². The number of carbonyl (C=O) groups excluding carboxylic acids is 3. The van der Waals surface area contributed by atoms with Crippen molar-refractivity contribution in [3.63, 3.8) is 0 Å². The van der Waals surface area contributed by atoms with E-state index in [1.807, 2.05) is 0 Å². The summed E-state index contributed by atoms with van der Waals surface area (Å²) in [5.74, 6) is -3.67. The summed E-state index contributed by atoms with van der Waals surface area (Å²) in [6, 6.07) is 0. The average molecular weight is 403 g/mol. The molecule has 0 unspecified atom stereocenters. The third-order valence-corrected chi connectivity index (χ3v) is 1.73. The maximum atomic E-state index is 9.74. The summed E-state index contributed by atoms with van der Waals surface area (Å²) >= 11 is 0. The molecular formula is C15H27CrO9. The number of carboxylic acid groups (broad SMARTS) is 3. The minimum Gasteiger partial charge on any atom is -0.550 e. The molecule has 0 saturated heterocycles. The van der Waals surface area contributed by atoms with Crippen LogP contribution in [0, 0.1) is 0 Å². The minimum absolute atomic E-state index is 0. The van der Waals surface area contributed by atoms with E-state index >= 15 is 0 Å². The van der Waals surface area contributed by atoms with Gasteiger partial charge in [0.1, 0.15) is 0 Å². The Labute approximate surface area is 158 Å². The second-order valence-corrected chi connectivity index (χ2v) is 7.08. The van der Waals surface area contributed by atoms with Crippen LogP contribution in [0.5, 0.6) is 0 Å². The van der Waals surface area contributed by atoms with Crippen LogP contribution in [0.25, 0.3) is 0 Å². The number of carbonyl (C=O) groups is 3. The van der Waals surface area contributed by atoms with Crippen molar-refractivity contribution in [3.05, 3.63) is 0 Å². The standard InChI is InChI=1S/3C5H10O3.Cr/c3*1-5(2,8)3-4(6)7;/h3*8H,3H2,1-2H3,(H,6,7);/q;;;+3/p-3. The summed E-state index contributed by atoms with van der Waals surface area (Å²) in [6.07, 6.45) is -0.938. The van der Waals surface area contributed by atoms with E-state index < -0.39 is 34.7 Å². The van der Waals surface area contributed by atoms with E-state index in [1.54, 1.807) is 0 Å². The van der Waals surface area contributed by atoms with Gasteiger partial charge in [-0.2, -0.15) is 0 Å². The second-order valence-electron chi connectivity index (χ2n) is 7.08. The fraction of sp³-hybridized carbons (Fsp3) is 0.800. The number of hydrogen-bond donors (Lipinski definition) is 3. The van der Waals surface area contributed by atoms with E-state index in [1.165, 1.54) is 41.5 Å². The van der Waals surface area contributed by atoms with Crippen molar-refractivity contribution in [3.8, 4) is 0 Å². The van der Waals surface area contributed by atoms with Crippen LogP contribution in [0.3, 0.4) is 0 Å². The molecule has 0 aliphatic heterocycles. The molecule has 0 fully saturated rings. The summed E-state index contributed by atoms with van der Waals surface area (Å²) in [7, 11) is 0. The predicted molar refractivity (Wildman–Crippen MR) is 77.8 cm³/mol. The van der Waals surface area contributed by atoms with Gasteiger partial charge in [-0.1, -0.05) is 0 Å². The molecule has 0 aromatic rings. The summed E-state index contributed by atoms with van der Waals surface area (Å²) in [4.78, 5) is 29.2. The molecule has 0 aliphatic rings. The number of hydrogen-bond acceptors (Lipinski definition) is 9. The first-order chi connectivity index (χ1) is 10.2. The van der Waals surface area contributed by atoms with E-state index in [4.69, 9.17) is 15.3 Å². The van der Waals surface area contributed by atoms with Gasteiger partial charge in [-0.05, 0) is 41.5 Å². The summed E-state index contributed by atoms with van der Waals surface area (Å²) in [6.45, 7) is 8.52. The molecular weight excluding hydrogens is 376 g/mol. The molecule has 0 aromatic heterocycles. The predicted octanol–water partition coefficient (Wildman–Crippen LogP) is -3.31. The molecule has 0 rings (SSSR count). The van der Waals surface area contributed by atoms with Crippen molar-refractivity contribution in [1.29, 1.82) is 0 Å². The maximum Gasteiger partial charge on any atom is 3.00 e. The number of aliphatic hydroxyl groups is 3. The Morgan fingerprint density at radius 3 is 0.720 bits per heavy atom. The SMILES string of the molecule is CC(C)(O)CC(=O)[O-].CC(C)(O)CC(=O)[O-].CC(C)(O)CC(=O)[O-].[Cr+3]. The topological polar surface area (TPSA) is 181 Å². The van der Waals surface area contributed by atoms with Gasteiger partial charge in [0.2, 0.25) is 0 Å². The zero-order chi connectivity index (χ0) is 20.4. The third kappa shape index (κ3) is 51.8. The Kier molecular flexibility index (Phi) is 16.5. The molecule has 1 radical (unpaired) electrons. The molecule has 0 heterocycles. The molecule has 3 N–H and O–H groups in total. The van der Waals surface area contributed by atoms with E-state index in [-0.39, 0.29) is 36.6 Å². The van der Waals surface area contributed by atoms with Crippen LogP contribution >= 0.6 is 0 Å². The van der Waals surface area contributed by atoms with Gasteiger partial charge in [-0.3, -0.25) is 0 Å². The zero-order valence-corrected chi connectivity index (χ0v) is 16.6. The Bertz CT molecular complexity index is 339. The van der Waals surface area contributed by atoms with Gasteiger partial charge in [0, 0.05) is 37.2 Å². The molecule has 0 bridgehead atoms. The Hall–Kier alpha value is -1.18. The molecule has 0 aromatic carbocycles. The van der Waals surface area contributed by atoms with Crippen LogP contribution in [0.15, 0.2) is 0 Å². The fourth-order valence-corrected chi connectivity index (χ4v) is 1.06. The van der Waals surface area contributed by atoms with Crippen molar-refractivity contribution in [2.75, 3.05) is 0 Å². The Balaban J connectivity index is -0.000000130. The third-order valence-electron chi connectivity index (χ3n) is 1.73. The monoisotopic (exact) mass is 403 g/mol. The van der Waals surface area contributed by atoms with Crippen molar-refractivity contribution in [2.45, 2.75) is 77.6 Å². The quantitative estimate of drug-likeness (QED) is 0.409. The van der Waals surface area contributed by atoms with Crippen LogP contribution in [0.2, 0.25) is 0 Å². The van der Waals surface area contributed by atoms with E-state index in [0.717, 1.165) is 0 Å². The van der Waals surface area contributed by atoms with Gasteiger partial charge in [-0.15, -0.1) is 0 Å². The van der Waals surface area contributed by atoms with Gasteiger partial charge in [0.05, 0.1) is 16.8 Å². The van der Waals surface area contributed by atoms with Crippen molar-refractivity contribution >= 4 is 17.9 Å². The zero-order valence-electron chi connectivity index (χ0n) is 15.3. The number of aliphatic carboxylic acids is 3. The largest absolute Gasteiger partial charge is 3.00 e. The maximum absolute atomic E-state index is 9.74. The molecule has 0 spiro atoms. The van der Waals surface area contributed by atoms with Crippen LogP contribution in [0.4, 0.5) is 0 Å². The average Bonchev–Trinajstić information content (AvgIpc) is 2.04.